The monoisotopic (exact) mass is 246 g/mol. The summed E-state index contributed by atoms with van der Waals surface area (Å²) in [5, 5.41) is 1.95. The third-order valence-corrected chi connectivity index (χ3v) is 2.81. The van der Waals surface area contributed by atoms with Crippen LogP contribution in [0, 0.1) is 0 Å². The average molecular weight is 246 g/mol. The summed E-state index contributed by atoms with van der Waals surface area (Å²) in [5.74, 6) is 0. The zero-order valence-electron chi connectivity index (χ0n) is 11.4. The summed E-state index contributed by atoms with van der Waals surface area (Å²) in [6.45, 7) is 2.88. The Labute approximate surface area is 104 Å². The molecular weight excluding hydrogens is 220 g/mol. The van der Waals surface area contributed by atoms with Crippen LogP contribution >= 0.6 is 0 Å². The molecule has 0 radical (unpaired) electrons. The van der Waals surface area contributed by atoms with Gasteiger partial charge >= 0.3 is 0 Å². The topological polar surface area (TPSA) is 43.0 Å². The molecule has 0 aromatic heterocycles. The van der Waals surface area contributed by atoms with Crippen LogP contribution in [0.1, 0.15) is 32.6 Å². The van der Waals surface area contributed by atoms with Gasteiger partial charge in [0.25, 0.3) is 0 Å². The van der Waals surface area contributed by atoms with Crippen molar-refractivity contribution in [2.24, 2.45) is 0 Å². The summed E-state index contributed by atoms with van der Waals surface area (Å²) in [4.78, 5) is 0. The summed E-state index contributed by atoms with van der Waals surface area (Å²) >= 11 is 0. The van der Waals surface area contributed by atoms with Crippen molar-refractivity contribution in [1.82, 2.24) is 10.4 Å². The van der Waals surface area contributed by atoms with Crippen molar-refractivity contribution in [3.05, 3.63) is 0 Å². The van der Waals surface area contributed by atoms with E-state index in [1.165, 1.54) is 6.42 Å². The van der Waals surface area contributed by atoms with Gasteiger partial charge in [-0.1, -0.05) is 19.8 Å². The number of hydrogen-bond acceptors (Lipinski definition) is 5. The van der Waals surface area contributed by atoms with E-state index < -0.39 is 0 Å². The molecular formula is C12H26N2O3. The molecule has 17 heavy (non-hydrogen) atoms. The molecule has 0 saturated carbocycles. The molecule has 0 aromatic rings. The second-order valence-electron chi connectivity index (χ2n) is 4.60. The van der Waals surface area contributed by atoms with Gasteiger partial charge < -0.3 is 14.2 Å². The van der Waals surface area contributed by atoms with Gasteiger partial charge in [0, 0.05) is 27.6 Å². The predicted molar refractivity (Wildman–Crippen MR) is 66.4 cm³/mol. The third kappa shape index (κ3) is 5.31. The second-order valence-corrected chi connectivity index (χ2v) is 4.60. The first-order valence-corrected chi connectivity index (χ1v) is 6.40. The van der Waals surface area contributed by atoms with Crippen LogP contribution in [0.2, 0.25) is 0 Å². The molecule has 0 spiro atoms. The van der Waals surface area contributed by atoms with Crippen molar-refractivity contribution < 1.29 is 14.2 Å². The van der Waals surface area contributed by atoms with E-state index in [4.69, 9.17) is 14.2 Å². The van der Waals surface area contributed by atoms with Crippen LogP contribution in [-0.4, -0.2) is 51.4 Å². The van der Waals surface area contributed by atoms with Gasteiger partial charge in [-0.15, -0.1) is 0 Å². The summed E-state index contributed by atoms with van der Waals surface area (Å²) in [7, 11) is 5.64. The minimum absolute atomic E-state index is 0.137. The largest absolute Gasteiger partial charge is 0.356 e. The molecule has 3 atom stereocenters. The lowest BCUT2D eigenvalue weighted by Crippen LogP contribution is -2.51. The number of nitrogens with one attached hydrogen (secondary N) is 1. The molecule has 1 N–H and O–H groups in total. The number of nitrogens with zero attached hydrogens (tertiary/aromatic N) is 1. The van der Waals surface area contributed by atoms with Gasteiger partial charge in [0.1, 0.15) is 0 Å². The lowest BCUT2D eigenvalue weighted by molar-refractivity contribution is -0.289. The molecule has 0 aromatic carbocycles. The number of hydrogen-bond donors (Lipinski definition) is 1. The smallest absolute Gasteiger partial charge is 0.177 e. The maximum atomic E-state index is 5.76. The van der Waals surface area contributed by atoms with E-state index in [9.17, 15) is 0 Å². The fourth-order valence-electron chi connectivity index (χ4n) is 1.94. The van der Waals surface area contributed by atoms with Gasteiger partial charge in [0.15, 0.2) is 12.6 Å². The molecule has 0 unspecified atom stereocenters. The zero-order chi connectivity index (χ0) is 12.7. The highest BCUT2D eigenvalue weighted by Crippen LogP contribution is 2.18. The first-order valence-electron chi connectivity index (χ1n) is 6.40. The van der Waals surface area contributed by atoms with Crippen LogP contribution in [-0.2, 0) is 14.2 Å². The molecule has 5 nitrogen and oxygen atoms in total. The van der Waals surface area contributed by atoms with Crippen molar-refractivity contribution in [3.8, 4) is 0 Å². The maximum absolute atomic E-state index is 5.76. The number of hydrazine groups is 1. The van der Waals surface area contributed by atoms with Crippen LogP contribution in [0.3, 0.4) is 0 Å². The number of rotatable bonds is 7. The SMILES string of the molecule is CCCC[C@H](NN(C)C)[C@H]1OCC[C@@H](OC)O1. The van der Waals surface area contributed by atoms with Crippen molar-refractivity contribution in [3.63, 3.8) is 0 Å². The van der Waals surface area contributed by atoms with Gasteiger partial charge in [-0.25, -0.2) is 5.43 Å². The molecule has 0 bridgehead atoms. The van der Waals surface area contributed by atoms with E-state index in [-0.39, 0.29) is 18.6 Å². The van der Waals surface area contributed by atoms with Crippen LogP contribution in [0.5, 0.6) is 0 Å². The Morgan fingerprint density at radius 3 is 2.82 bits per heavy atom. The molecule has 5 heteroatoms. The molecule has 0 amide bonds. The summed E-state index contributed by atoms with van der Waals surface area (Å²) < 4.78 is 16.7. The third-order valence-electron chi connectivity index (χ3n) is 2.81. The van der Waals surface area contributed by atoms with Crippen molar-refractivity contribution in [2.75, 3.05) is 27.8 Å². The maximum Gasteiger partial charge on any atom is 0.177 e. The van der Waals surface area contributed by atoms with Crippen LogP contribution < -0.4 is 5.43 Å². The number of ether oxygens (including phenoxy) is 3. The van der Waals surface area contributed by atoms with Gasteiger partial charge in [-0.3, -0.25) is 5.01 Å². The first-order chi connectivity index (χ1) is 8.17. The van der Waals surface area contributed by atoms with Crippen molar-refractivity contribution in [2.45, 2.75) is 51.2 Å². The highest BCUT2D eigenvalue weighted by Gasteiger charge is 2.29. The van der Waals surface area contributed by atoms with E-state index in [0.717, 1.165) is 19.3 Å². The van der Waals surface area contributed by atoms with Crippen LogP contribution in [0.15, 0.2) is 0 Å². The molecule has 1 heterocycles. The van der Waals surface area contributed by atoms with Gasteiger partial charge in [-0.05, 0) is 6.42 Å². The Balaban J connectivity index is 2.48. The number of unbranched alkanes of at least 4 members (excludes halogenated alkanes) is 1. The van der Waals surface area contributed by atoms with E-state index in [0.29, 0.717) is 6.61 Å². The average Bonchev–Trinajstić information content (AvgIpc) is 2.34. The molecule has 102 valence electrons. The van der Waals surface area contributed by atoms with E-state index in [2.05, 4.69) is 12.3 Å². The minimum atomic E-state index is -0.220. The zero-order valence-corrected chi connectivity index (χ0v) is 11.4. The number of methoxy groups -OCH3 is 1. The van der Waals surface area contributed by atoms with Gasteiger partial charge in [0.05, 0.1) is 12.6 Å². The molecule has 1 saturated heterocycles. The van der Waals surface area contributed by atoms with Crippen LogP contribution in [0.4, 0.5) is 0 Å². The summed E-state index contributed by atoms with van der Waals surface area (Å²) in [5.41, 5.74) is 3.36. The highest BCUT2D eigenvalue weighted by molar-refractivity contribution is 4.72. The minimum Gasteiger partial charge on any atom is -0.356 e. The Morgan fingerprint density at radius 2 is 2.24 bits per heavy atom. The van der Waals surface area contributed by atoms with Crippen molar-refractivity contribution >= 4 is 0 Å². The molecule has 1 fully saturated rings. The molecule has 1 aliphatic rings. The Bertz CT molecular complexity index is 202. The lowest BCUT2D eigenvalue weighted by atomic mass is 10.1. The molecule has 1 rings (SSSR count). The standard InChI is InChI=1S/C12H26N2O3/c1-5-6-7-10(13-14(2)3)12-16-9-8-11(15-4)17-12/h10-13H,5-9H2,1-4H3/t10-,11-,12-/m0/s1. The first kappa shape index (κ1) is 14.9. The highest BCUT2D eigenvalue weighted by atomic mass is 16.8. The molecule has 1 aliphatic heterocycles. The Kier molecular flexibility index (Phi) is 6.99. The van der Waals surface area contributed by atoms with E-state index >= 15 is 0 Å². The summed E-state index contributed by atoms with van der Waals surface area (Å²) in [6, 6.07) is 0.183. The predicted octanol–water partition coefficient (Wildman–Crippen LogP) is 1.35. The van der Waals surface area contributed by atoms with E-state index in [1.807, 2.05) is 19.1 Å². The van der Waals surface area contributed by atoms with Gasteiger partial charge in [0.2, 0.25) is 0 Å². The normalized spacial score (nSPS) is 27.4. The van der Waals surface area contributed by atoms with Crippen LogP contribution in [0.25, 0.3) is 0 Å². The van der Waals surface area contributed by atoms with Gasteiger partial charge in [-0.2, -0.15) is 0 Å². The fourth-order valence-corrected chi connectivity index (χ4v) is 1.94. The fraction of sp³-hybridized carbons (Fsp3) is 1.00. The lowest BCUT2D eigenvalue weighted by Gasteiger charge is -2.36. The second kappa shape index (κ2) is 8.00. The molecule has 0 aliphatic carbocycles. The Hall–Kier alpha value is -0.200. The van der Waals surface area contributed by atoms with Crippen molar-refractivity contribution in [1.29, 1.82) is 0 Å². The Morgan fingerprint density at radius 1 is 1.47 bits per heavy atom. The van der Waals surface area contributed by atoms with E-state index in [1.54, 1.807) is 7.11 Å². The summed E-state index contributed by atoms with van der Waals surface area (Å²) in [6.07, 6.45) is 3.81. The quantitative estimate of drug-likeness (QED) is 0.687.